The number of hydrogen-bond acceptors (Lipinski definition) is 3. The standard InChI is InChI=1S/C16H33N3O2.HI/c1-5-17-15(18-12-16(2,3)13-20)19(4)9-6-14-7-10-21-11-8-14;/h14,20H,5-13H2,1-4H3,(H,17,18);1H. The number of hydrogen-bond donors (Lipinski definition) is 2. The molecule has 0 aromatic rings. The number of rotatable bonds is 7. The van der Waals surface area contributed by atoms with Crippen LogP contribution in [0.25, 0.3) is 0 Å². The van der Waals surface area contributed by atoms with E-state index in [1.807, 2.05) is 13.8 Å². The van der Waals surface area contributed by atoms with Gasteiger partial charge in [0.15, 0.2) is 5.96 Å². The van der Waals surface area contributed by atoms with Crippen LogP contribution in [-0.4, -0.2) is 62.5 Å². The van der Waals surface area contributed by atoms with Gasteiger partial charge in [-0.2, -0.15) is 0 Å². The van der Waals surface area contributed by atoms with Crippen molar-refractivity contribution in [3.05, 3.63) is 0 Å². The second-order valence-electron chi connectivity index (χ2n) is 6.76. The van der Waals surface area contributed by atoms with Gasteiger partial charge in [0.1, 0.15) is 0 Å². The number of aliphatic hydroxyl groups is 1. The molecule has 22 heavy (non-hydrogen) atoms. The lowest BCUT2D eigenvalue weighted by Crippen LogP contribution is -2.41. The van der Waals surface area contributed by atoms with E-state index in [0.29, 0.717) is 6.54 Å². The Balaban J connectivity index is 0.00000441. The summed E-state index contributed by atoms with van der Waals surface area (Å²) in [5.41, 5.74) is -0.164. The van der Waals surface area contributed by atoms with Gasteiger partial charge >= 0.3 is 0 Å². The Labute approximate surface area is 152 Å². The van der Waals surface area contributed by atoms with E-state index in [1.54, 1.807) is 0 Å². The highest BCUT2D eigenvalue weighted by molar-refractivity contribution is 14.0. The molecular formula is C16H34IN3O2. The summed E-state index contributed by atoms with van der Waals surface area (Å²) in [6.07, 6.45) is 3.55. The summed E-state index contributed by atoms with van der Waals surface area (Å²) in [4.78, 5) is 6.87. The van der Waals surface area contributed by atoms with Crippen molar-refractivity contribution in [2.24, 2.45) is 16.3 Å². The molecule has 1 fully saturated rings. The SMILES string of the molecule is CCNC(=NCC(C)(C)CO)N(C)CCC1CCOCC1.I. The monoisotopic (exact) mass is 427 g/mol. The molecule has 5 nitrogen and oxygen atoms in total. The van der Waals surface area contributed by atoms with Gasteiger partial charge in [0.25, 0.3) is 0 Å². The first kappa shape index (κ1) is 21.9. The smallest absolute Gasteiger partial charge is 0.193 e. The molecule has 0 spiro atoms. The molecule has 1 heterocycles. The van der Waals surface area contributed by atoms with Gasteiger partial charge in [0, 0.05) is 45.4 Å². The Morgan fingerprint density at radius 1 is 1.36 bits per heavy atom. The van der Waals surface area contributed by atoms with Crippen LogP contribution in [0, 0.1) is 11.3 Å². The average molecular weight is 427 g/mol. The van der Waals surface area contributed by atoms with Crippen LogP contribution in [0.4, 0.5) is 0 Å². The van der Waals surface area contributed by atoms with Gasteiger partial charge in [-0.25, -0.2) is 0 Å². The molecular weight excluding hydrogens is 393 g/mol. The number of nitrogens with zero attached hydrogens (tertiary/aromatic N) is 2. The van der Waals surface area contributed by atoms with Crippen molar-refractivity contribution >= 4 is 29.9 Å². The molecule has 0 aliphatic carbocycles. The van der Waals surface area contributed by atoms with E-state index in [1.165, 1.54) is 19.3 Å². The minimum absolute atomic E-state index is 0. The van der Waals surface area contributed by atoms with Crippen LogP contribution in [0.2, 0.25) is 0 Å². The van der Waals surface area contributed by atoms with Crippen LogP contribution in [-0.2, 0) is 4.74 Å². The first-order valence-corrected chi connectivity index (χ1v) is 8.16. The Bertz CT molecular complexity index is 319. The molecule has 0 bridgehead atoms. The van der Waals surface area contributed by atoms with Crippen LogP contribution >= 0.6 is 24.0 Å². The fraction of sp³-hybridized carbons (Fsp3) is 0.938. The van der Waals surface area contributed by atoms with Gasteiger partial charge in [-0.15, -0.1) is 24.0 Å². The molecule has 0 aromatic carbocycles. The third kappa shape index (κ3) is 8.53. The van der Waals surface area contributed by atoms with E-state index in [-0.39, 0.29) is 36.0 Å². The lowest BCUT2D eigenvalue weighted by atomic mass is 9.95. The van der Waals surface area contributed by atoms with Gasteiger partial charge in [-0.3, -0.25) is 4.99 Å². The summed E-state index contributed by atoms with van der Waals surface area (Å²) >= 11 is 0. The van der Waals surface area contributed by atoms with Gasteiger partial charge in [-0.1, -0.05) is 13.8 Å². The molecule has 1 saturated heterocycles. The maximum Gasteiger partial charge on any atom is 0.193 e. The molecule has 0 atom stereocenters. The molecule has 2 N–H and O–H groups in total. The van der Waals surface area contributed by atoms with Gasteiger partial charge in [-0.05, 0) is 32.1 Å². The number of nitrogens with one attached hydrogen (secondary N) is 1. The van der Waals surface area contributed by atoms with Gasteiger partial charge in [0.05, 0.1) is 6.54 Å². The second-order valence-corrected chi connectivity index (χ2v) is 6.76. The summed E-state index contributed by atoms with van der Waals surface area (Å²) < 4.78 is 5.41. The van der Waals surface area contributed by atoms with Crippen molar-refractivity contribution in [2.45, 2.75) is 40.0 Å². The van der Waals surface area contributed by atoms with E-state index in [0.717, 1.165) is 38.2 Å². The maximum absolute atomic E-state index is 9.33. The largest absolute Gasteiger partial charge is 0.396 e. The van der Waals surface area contributed by atoms with E-state index < -0.39 is 0 Å². The van der Waals surface area contributed by atoms with E-state index >= 15 is 0 Å². The summed E-state index contributed by atoms with van der Waals surface area (Å²) in [5.74, 6) is 1.71. The predicted molar refractivity (Wildman–Crippen MR) is 103 cm³/mol. The molecule has 0 amide bonds. The summed E-state index contributed by atoms with van der Waals surface area (Å²) in [7, 11) is 2.09. The third-order valence-electron chi connectivity index (χ3n) is 3.99. The summed E-state index contributed by atoms with van der Waals surface area (Å²) in [6.45, 7) is 10.6. The summed E-state index contributed by atoms with van der Waals surface area (Å²) in [5, 5.41) is 12.7. The maximum atomic E-state index is 9.33. The lowest BCUT2D eigenvalue weighted by Gasteiger charge is -2.27. The minimum atomic E-state index is -0.164. The quantitative estimate of drug-likeness (QED) is 0.372. The number of ether oxygens (including phenoxy) is 1. The number of guanidine groups is 1. The van der Waals surface area contributed by atoms with Crippen molar-refractivity contribution in [3.63, 3.8) is 0 Å². The number of aliphatic hydroxyl groups excluding tert-OH is 1. The summed E-state index contributed by atoms with van der Waals surface area (Å²) in [6, 6.07) is 0. The first-order valence-electron chi connectivity index (χ1n) is 8.16. The molecule has 0 unspecified atom stereocenters. The highest BCUT2D eigenvalue weighted by atomic mass is 127. The van der Waals surface area contributed by atoms with Crippen LogP contribution in [0.15, 0.2) is 4.99 Å². The molecule has 0 saturated carbocycles. The molecule has 132 valence electrons. The zero-order valence-corrected chi connectivity index (χ0v) is 16.9. The van der Waals surface area contributed by atoms with Crippen LogP contribution in [0.3, 0.4) is 0 Å². The molecule has 6 heteroatoms. The molecule has 0 radical (unpaired) electrons. The fourth-order valence-corrected chi connectivity index (χ4v) is 2.33. The molecule has 1 aliphatic heterocycles. The normalized spacial score (nSPS) is 17.0. The molecule has 1 aliphatic rings. The average Bonchev–Trinajstić information content (AvgIpc) is 2.50. The zero-order valence-electron chi connectivity index (χ0n) is 14.6. The lowest BCUT2D eigenvalue weighted by molar-refractivity contribution is 0.0625. The zero-order chi connectivity index (χ0) is 15.7. The van der Waals surface area contributed by atoms with Crippen molar-refractivity contribution < 1.29 is 9.84 Å². The molecule has 0 aromatic heterocycles. The third-order valence-corrected chi connectivity index (χ3v) is 3.99. The minimum Gasteiger partial charge on any atom is -0.396 e. The highest BCUT2D eigenvalue weighted by Gasteiger charge is 2.18. The van der Waals surface area contributed by atoms with Crippen molar-refractivity contribution in [1.29, 1.82) is 0 Å². The Hall–Kier alpha value is -0.0800. The van der Waals surface area contributed by atoms with Crippen LogP contribution in [0.1, 0.15) is 40.0 Å². The number of halogens is 1. The topological polar surface area (TPSA) is 57.1 Å². The van der Waals surface area contributed by atoms with Crippen LogP contribution < -0.4 is 5.32 Å². The van der Waals surface area contributed by atoms with Gasteiger partial charge in [0.2, 0.25) is 0 Å². The van der Waals surface area contributed by atoms with Crippen molar-refractivity contribution in [3.8, 4) is 0 Å². The van der Waals surface area contributed by atoms with E-state index in [4.69, 9.17) is 4.74 Å². The highest BCUT2D eigenvalue weighted by Crippen LogP contribution is 2.18. The van der Waals surface area contributed by atoms with E-state index in [2.05, 4.69) is 29.2 Å². The predicted octanol–water partition coefficient (Wildman–Crippen LogP) is 2.34. The van der Waals surface area contributed by atoms with Gasteiger partial charge < -0.3 is 20.1 Å². The van der Waals surface area contributed by atoms with Crippen LogP contribution in [0.5, 0.6) is 0 Å². The molecule has 1 rings (SSSR count). The number of aliphatic imine (C=N–C) groups is 1. The first-order chi connectivity index (χ1) is 9.98. The van der Waals surface area contributed by atoms with Crippen molar-refractivity contribution in [1.82, 2.24) is 10.2 Å². The second kappa shape index (κ2) is 11.5. The Morgan fingerprint density at radius 2 is 2.00 bits per heavy atom. The Kier molecular flexibility index (Phi) is 11.4. The Morgan fingerprint density at radius 3 is 2.55 bits per heavy atom. The van der Waals surface area contributed by atoms with Crippen molar-refractivity contribution in [2.75, 3.05) is 46.5 Å². The fourth-order valence-electron chi connectivity index (χ4n) is 2.33. The van der Waals surface area contributed by atoms with E-state index in [9.17, 15) is 5.11 Å².